The molecule has 0 unspecified atom stereocenters. The van der Waals surface area contributed by atoms with Crippen LogP contribution in [-0.2, 0) is 10.0 Å². The molecule has 2 rings (SSSR count). The Morgan fingerprint density at radius 2 is 1.60 bits per heavy atom. The lowest BCUT2D eigenvalue weighted by atomic mass is 10.3. The van der Waals surface area contributed by atoms with Gasteiger partial charge in [-0.2, -0.15) is 0 Å². The SMILES string of the molecule is O=S(=O)(Nc1ccc(Br)c(Cl)c1Cl)c1ccc(F)cc1. The van der Waals surface area contributed by atoms with Gasteiger partial charge in [0.2, 0.25) is 0 Å². The van der Waals surface area contributed by atoms with Crippen molar-refractivity contribution in [1.29, 1.82) is 0 Å². The van der Waals surface area contributed by atoms with Gasteiger partial charge in [0.05, 0.1) is 20.6 Å². The van der Waals surface area contributed by atoms with Crippen molar-refractivity contribution in [2.24, 2.45) is 0 Å². The molecule has 0 radical (unpaired) electrons. The Kier molecular flexibility index (Phi) is 4.59. The second-order valence-corrected chi connectivity index (χ2v) is 7.07. The van der Waals surface area contributed by atoms with Gasteiger partial charge in [0, 0.05) is 4.47 Å². The first kappa shape index (κ1) is 15.6. The smallest absolute Gasteiger partial charge is 0.261 e. The fraction of sp³-hybridized carbons (Fsp3) is 0. The third-order valence-corrected chi connectivity index (χ3v) is 5.56. The minimum Gasteiger partial charge on any atom is -0.278 e. The Bertz CT molecular complexity index is 751. The van der Waals surface area contributed by atoms with Crippen LogP contribution in [0.1, 0.15) is 0 Å². The maximum Gasteiger partial charge on any atom is 0.261 e. The number of hydrogen-bond donors (Lipinski definition) is 1. The Balaban J connectivity index is 2.38. The fourth-order valence-electron chi connectivity index (χ4n) is 1.42. The van der Waals surface area contributed by atoms with Crippen LogP contribution < -0.4 is 4.72 Å². The second kappa shape index (κ2) is 5.89. The van der Waals surface area contributed by atoms with Crippen molar-refractivity contribution >= 4 is 54.8 Å². The molecule has 1 N–H and O–H groups in total. The Labute approximate surface area is 133 Å². The van der Waals surface area contributed by atoms with Crippen molar-refractivity contribution in [3.8, 4) is 0 Å². The largest absolute Gasteiger partial charge is 0.278 e. The summed E-state index contributed by atoms with van der Waals surface area (Å²) in [7, 11) is -3.86. The maximum absolute atomic E-state index is 12.8. The number of nitrogens with one attached hydrogen (secondary N) is 1. The zero-order valence-electron chi connectivity index (χ0n) is 9.70. The van der Waals surface area contributed by atoms with Gasteiger partial charge in [0.25, 0.3) is 10.0 Å². The van der Waals surface area contributed by atoms with E-state index in [-0.39, 0.29) is 20.6 Å². The van der Waals surface area contributed by atoms with Crippen molar-refractivity contribution in [1.82, 2.24) is 0 Å². The monoisotopic (exact) mass is 397 g/mol. The second-order valence-electron chi connectivity index (χ2n) is 3.78. The average Bonchev–Trinajstić information content (AvgIpc) is 2.40. The summed E-state index contributed by atoms with van der Waals surface area (Å²) in [4.78, 5) is -0.0750. The van der Waals surface area contributed by atoms with Crippen molar-refractivity contribution in [3.05, 3.63) is 56.7 Å². The quantitative estimate of drug-likeness (QED) is 0.762. The number of rotatable bonds is 3. The first-order valence-corrected chi connectivity index (χ1v) is 8.26. The first-order chi connectivity index (χ1) is 9.31. The van der Waals surface area contributed by atoms with Crippen LogP contribution in [0.15, 0.2) is 45.8 Å². The molecule has 0 heterocycles. The van der Waals surface area contributed by atoms with Crippen LogP contribution in [0.3, 0.4) is 0 Å². The summed E-state index contributed by atoms with van der Waals surface area (Å²) in [6.45, 7) is 0. The van der Waals surface area contributed by atoms with Crippen LogP contribution in [-0.4, -0.2) is 8.42 Å². The molecule has 0 saturated heterocycles. The lowest BCUT2D eigenvalue weighted by Crippen LogP contribution is -2.13. The molecule has 106 valence electrons. The summed E-state index contributed by atoms with van der Waals surface area (Å²) in [5.74, 6) is -0.520. The van der Waals surface area contributed by atoms with E-state index < -0.39 is 15.8 Å². The van der Waals surface area contributed by atoms with E-state index in [4.69, 9.17) is 23.2 Å². The van der Waals surface area contributed by atoms with Gasteiger partial charge in [-0.1, -0.05) is 23.2 Å². The van der Waals surface area contributed by atoms with E-state index in [1.165, 1.54) is 6.07 Å². The Morgan fingerprint density at radius 1 is 1.00 bits per heavy atom. The van der Waals surface area contributed by atoms with Crippen LogP contribution in [0.25, 0.3) is 0 Å². The molecule has 3 nitrogen and oxygen atoms in total. The number of anilines is 1. The number of benzene rings is 2. The third-order valence-electron chi connectivity index (χ3n) is 2.40. The molecule has 0 amide bonds. The molecule has 0 saturated carbocycles. The lowest BCUT2D eigenvalue weighted by Gasteiger charge is -2.11. The average molecular weight is 399 g/mol. The van der Waals surface area contributed by atoms with Gasteiger partial charge in [-0.3, -0.25) is 4.72 Å². The van der Waals surface area contributed by atoms with Crippen LogP contribution in [0.4, 0.5) is 10.1 Å². The normalized spacial score (nSPS) is 11.4. The molecule has 0 aliphatic carbocycles. The number of halogens is 4. The van der Waals surface area contributed by atoms with E-state index in [0.29, 0.717) is 4.47 Å². The van der Waals surface area contributed by atoms with Gasteiger partial charge in [0.1, 0.15) is 5.82 Å². The van der Waals surface area contributed by atoms with Gasteiger partial charge >= 0.3 is 0 Å². The van der Waals surface area contributed by atoms with Crippen molar-refractivity contribution in [2.45, 2.75) is 4.90 Å². The highest BCUT2D eigenvalue weighted by Gasteiger charge is 2.17. The van der Waals surface area contributed by atoms with Crippen molar-refractivity contribution in [3.63, 3.8) is 0 Å². The van der Waals surface area contributed by atoms with Gasteiger partial charge in [-0.05, 0) is 52.3 Å². The number of sulfonamides is 1. The molecule has 0 bridgehead atoms. The van der Waals surface area contributed by atoms with Gasteiger partial charge < -0.3 is 0 Å². The van der Waals surface area contributed by atoms with E-state index in [0.717, 1.165) is 24.3 Å². The summed E-state index contributed by atoms with van der Waals surface area (Å²) in [6.07, 6.45) is 0. The zero-order valence-corrected chi connectivity index (χ0v) is 13.6. The minimum atomic E-state index is -3.86. The highest BCUT2D eigenvalue weighted by atomic mass is 79.9. The summed E-state index contributed by atoms with van der Waals surface area (Å²) >= 11 is 15.1. The highest BCUT2D eigenvalue weighted by molar-refractivity contribution is 9.10. The highest BCUT2D eigenvalue weighted by Crippen LogP contribution is 2.36. The third kappa shape index (κ3) is 3.25. The minimum absolute atomic E-state index is 0.0750. The lowest BCUT2D eigenvalue weighted by molar-refractivity contribution is 0.599. The molecule has 20 heavy (non-hydrogen) atoms. The predicted molar refractivity (Wildman–Crippen MR) is 81.4 cm³/mol. The van der Waals surface area contributed by atoms with Crippen molar-refractivity contribution < 1.29 is 12.8 Å². The molecule has 8 heteroatoms. The van der Waals surface area contributed by atoms with E-state index in [2.05, 4.69) is 20.7 Å². The number of hydrogen-bond acceptors (Lipinski definition) is 2. The Morgan fingerprint density at radius 3 is 2.20 bits per heavy atom. The predicted octanol–water partition coefficient (Wildman–Crippen LogP) is 4.70. The summed E-state index contributed by atoms with van der Waals surface area (Å²) in [6, 6.07) is 7.48. The van der Waals surface area contributed by atoms with Crippen molar-refractivity contribution in [2.75, 3.05) is 4.72 Å². The molecule has 2 aromatic carbocycles. The van der Waals surface area contributed by atoms with Gasteiger partial charge in [-0.25, -0.2) is 12.8 Å². The van der Waals surface area contributed by atoms with Gasteiger partial charge in [-0.15, -0.1) is 0 Å². The zero-order chi connectivity index (χ0) is 14.9. The fourth-order valence-corrected chi connectivity index (χ4v) is 3.37. The summed E-state index contributed by atoms with van der Waals surface area (Å²) in [5.41, 5.74) is 0.143. The van der Waals surface area contributed by atoms with Crippen LogP contribution in [0, 0.1) is 5.82 Å². The summed E-state index contributed by atoms with van der Waals surface area (Å²) < 4.78 is 39.9. The standard InChI is InChI=1S/C12H7BrCl2FNO2S/c13-9-5-6-10(12(15)11(9)14)17-20(18,19)8-3-1-7(16)2-4-8/h1-6,17H. The topological polar surface area (TPSA) is 46.2 Å². The van der Waals surface area contributed by atoms with Crippen LogP contribution in [0.2, 0.25) is 10.0 Å². The molecule has 0 aromatic heterocycles. The van der Waals surface area contributed by atoms with E-state index in [1.807, 2.05) is 0 Å². The molecular weight excluding hydrogens is 392 g/mol. The van der Waals surface area contributed by atoms with Crippen LogP contribution >= 0.6 is 39.1 Å². The molecule has 0 aliphatic heterocycles. The van der Waals surface area contributed by atoms with E-state index in [9.17, 15) is 12.8 Å². The molecule has 0 atom stereocenters. The van der Waals surface area contributed by atoms with Crippen LogP contribution in [0.5, 0.6) is 0 Å². The maximum atomic E-state index is 12.8. The molecule has 0 spiro atoms. The van der Waals surface area contributed by atoms with E-state index in [1.54, 1.807) is 6.07 Å². The molecule has 0 fully saturated rings. The summed E-state index contributed by atoms with van der Waals surface area (Å²) in [5, 5.41) is 0.276. The molecule has 2 aromatic rings. The van der Waals surface area contributed by atoms with Gasteiger partial charge in [0.15, 0.2) is 0 Å². The first-order valence-electron chi connectivity index (χ1n) is 5.23. The van der Waals surface area contributed by atoms with E-state index >= 15 is 0 Å². The Hall–Kier alpha value is -0.820. The molecular formula is C12H7BrCl2FNO2S. The molecule has 0 aliphatic rings.